The first-order valence-electron chi connectivity index (χ1n) is 7.18. The summed E-state index contributed by atoms with van der Waals surface area (Å²) in [6.07, 6.45) is 5.97. The van der Waals surface area contributed by atoms with E-state index in [0.29, 0.717) is 17.4 Å². The van der Waals surface area contributed by atoms with Crippen molar-refractivity contribution in [3.05, 3.63) is 28.8 Å². The van der Waals surface area contributed by atoms with Gasteiger partial charge in [0.1, 0.15) is 0 Å². The molecule has 0 aliphatic heterocycles. The fourth-order valence-electron chi connectivity index (χ4n) is 3.79. The van der Waals surface area contributed by atoms with Crippen LogP contribution in [0.15, 0.2) is 18.2 Å². The van der Waals surface area contributed by atoms with Gasteiger partial charge in [-0.2, -0.15) is 0 Å². The second-order valence-corrected chi connectivity index (χ2v) is 6.58. The summed E-state index contributed by atoms with van der Waals surface area (Å²) in [7, 11) is 0. The number of halogens is 1. The molecule has 2 aliphatic carbocycles. The zero-order chi connectivity index (χ0) is 13.4. The highest BCUT2D eigenvalue weighted by molar-refractivity contribution is 6.33. The fourth-order valence-corrected chi connectivity index (χ4v) is 4.07. The van der Waals surface area contributed by atoms with Crippen LogP contribution in [0.5, 0.6) is 0 Å². The van der Waals surface area contributed by atoms with Crippen molar-refractivity contribution in [3.63, 3.8) is 0 Å². The van der Waals surface area contributed by atoms with Crippen LogP contribution in [0, 0.1) is 24.7 Å². The number of aryl methyl sites for hydroxylation is 1. The van der Waals surface area contributed by atoms with Crippen LogP contribution in [-0.4, -0.2) is 5.91 Å². The van der Waals surface area contributed by atoms with Gasteiger partial charge in [0.25, 0.3) is 0 Å². The summed E-state index contributed by atoms with van der Waals surface area (Å²) in [5, 5.41) is 3.58. The summed E-state index contributed by atoms with van der Waals surface area (Å²) in [5.41, 5.74) is 1.84. The highest BCUT2D eigenvalue weighted by Gasteiger charge is 2.40. The lowest BCUT2D eigenvalue weighted by Gasteiger charge is -2.21. The van der Waals surface area contributed by atoms with E-state index in [1.54, 1.807) is 0 Å². The number of carbonyl (C=O) groups excluding carboxylic acids is 1. The van der Waals surface area contributed by atoms with Crippen molar-refractivity contribution in [1.82, 2.24) is 0 Å². The van der Waals surface area contributed by atoms with Gasteiger partial charge in [-0.3, -0.25) is 4.79 Å². The molecule has 19 heavy (non-hydrogen) atoms. The average molecular weight is 278 g/mol. The molecule has 0 radical (unpaired) electrons. The smallest absolute Gasteiger partial charge is 0.224 e. The lowest BCUT2D eigenvalue weighted by atomic mass is 9.86. The lowest BCUT2D eigenvalue weighted by Crippen LogP contribution is -2.20. The number of amides is 1. The van der Waals surface area contributed by atoms with Crippen LogP contribution in [0.4, 0.5) is 5.69 Å². The standard InChI is InChI=1S/C16H20ClNO/c1-10-2-5-15(14(17)6-10)18-16(19)9-13-8-11-3-4-12(13)7-11/h2,5-6,11-13H,3-4,7-9H2,1H3,(H,18,19)/t11-,12-,13+/m1/s1. The Kier molecular flexibility index (Phi) is 3.53. The molecule has 1 amide bonds. The maximum atomic E-state index is 12.1. The predicted octanol–water partition coefficient (Wildman–Crippen LogP) is 4.41. The molecule has 2 bridgehead atoms. The van der Waals surface area contributed by atoms with Crippen LogP contribution in [0.2, 0.25) is 5.02 Å². The topological polar surface area (TPSA) is 29.1 Å². The number of benzene rings is 1. The van der Waals surface area contributed by atoms with Crippen molar-refractivity contribution in [2.75, 3.05) is 5.32 Å². The van der Waals surface area contributed by atoms with Gasteiger partial charge in [0.05, 0.1) is 10.7 Å². The molecule has 1 aromatic rings. The van der Waals surface area contributed by atoms with E-state index in [0.717, 1.165) is 23.1 Å². The third-order valence-corrected chi connectivity index (χ3v) is 5.04. The first-order valence-corrected chi connectivity index (χ1v) is 7.55. The first-order chi connectivity index (χ1) is 9.11. The van der Waals surface area contributed by atoms with Gasteiger partial charge in [0.2, 0.25) is 5.91 Å². The summed E-state index contributed by atoms with van der Waals surface area (Å²) < 4.78 is 0. The van der Waals surface area contributed by atoms with Crippen molar-refractivity contribution in [2.24, 2.45) is 17.8 Å². The maximum Gasteiger partial charge on any atom is 0.224 e. The molecule has 1 N–H and O–H groups in total. The summed E-state index contributed by atoms with van der Waals surface area (Å²) in [5.74, 6) is 2.40. The van der Waals surface area contributed by atoms with Gasteiger partial charge < -0.3 is 5.32 Å². The third kappa shape index (κ3) is 2.79. The van der Waals surface area contributed by atoms with Gasteiger partial charge in [-0.25, -0.2) is 0 Å². The Morgan fingerprint density at radius 1 is 1.37 bits per heavy atom. The van der Waals surface area contributed by atoms with Crippen molar-refractivity contribution >= 4 is 23.2 Å². The van der Waals surface area contributed by atoms with Crippen LogP contribution in [0.3, 0.4) is 0 Å². The van der Waals surface area contributed by atoms with Gasteiger partial charge in [0, 0.05) is 6.42 Å². The Morgan fingerprint density at radius 3 is 2.84 bits per heavy atom. The highest BCUT2D eigenvalue weighted by atomic mass is 35.5. The van der Waals surface area contributed by atoms with Gasteiger partial charge >= 0.3 is 0 Å². The molecular formula is C16H20ClNO. The van der Waals surface area contributed by atoms with E-state index >= 15 is 0 Å². The number of nitrogens with one attached hydrogen (secondary N) is 1. The average Bonchev–Trinajstić information content (AvgIpc) is 2.95. The maximum absolute atomic E-state index is 12.1. The van der Waals surface area contributed by atoms with Gasteiger partial charge in [-0.05, 0) is 61.6 Å². The molecule has 102 valence electrons. The van der Waals surface area contributed by atoms with Gasteiger partial charge in [-0.15, -0.1) is 0 Å². The van der Waals surface area contributed by atoms with E-state index in [-0.39, 0.29) is 5.91 Å². The summed E-state index contributed by atoms with van der Waals surface area (Å²) in [6, 6.07) is 5.74. The minimum Gasteiger partial charge on any atom is -0.325 e. The molecule has 2 fully saturated rings. The van der Waals surface area contributed by atoms with Crippen molar-refractivity contribution in [1.29, 1.82) is 0 Å². The molecular weight excluding hydrogens is 258 g/mol. The SMILES string of the molecule is Cc1ccc(NC(=O)C[C@@H]2C[C@@H]3CC[C@@H]2C3)c(Cl)c1. The quantitative estimate of drug-likeness (QED) is 0.871. The molecule has 2 aliphatic rings. The van der Waals surface area contributed by atoms with Crippen LogP contribution in [-0.2, 0) is 4.79 Å². The van der Waals surface area contributed by atoms with E-state index in [1.807, 2.05) is 25.1 Å². The molecule has 0 unspecified atom stereocenters. The number of hydrogen-bond donors (Lipinski definition) is 1. The van der Waals surface area contributed by atoms with E-state index < -0.39 is 0 Å². The normalized spacial score (nSPS) is 28.6. The number of anilines is 1. The fraction of sp³-hybridized carbons (Fsp3) is 0.562. The van der Waals surface area contributed by atoms with E-state index in [9.17, 15) is 4.79 Å². The number of fused-ring (bicyclic) bond motifs is 2. The Balaban J connectivity index is 1.59. The molecule has 3 atom stereocenters. The predicted molar refractivity (Wildman–Crippen MR) is 78.4 cm³/mol. The molecule has 0 spiro atoms. The molecule has 2 nitrogen and oxygen atoms in total. The second-order valence-electron chi connectivity index (χ2n) is 6.17. The molecule has 2 saturated carbocycles. The van der Waals surface area contributed by atoms with Crippen molar-refractivity contribution < 1.29 is 4.79 Å². The second kappa shape index (κ2) is 5.16. The Labute approximate surface area is 119 Å². The Hall–Kier alpha value is -1.02. The van der Waals surface area contributed by atoms with Crippen molar-refractivity contribution in [2.45, 2.75) is 39.0 Å². The number of carbonyl (C=O) groups is 1. The molecule has 1 aromatic carbocycles. The minimum atomic E-state index is 0.114. The summed E-state index contributed by atoms with van der Waals surface area (Å²) >= 11 is 6.14. The first kappa shape index (κ1) is 13.0. The molecule has 3 rings (SSSR count). The van der Waals surface area contributed by atoms with E-state index in [1.165, 1.54) is 25.7 Å². The highest BCUT2D eigenvalue weighted by Crippen LogP contribution is 2.49. The van der Waals surface area contributed by atoms with Gasteiger partial charge in [-0.1, -0.05) is 24.1 Å². The Bertz CT molecular complexity index is 500. The zero-order valence-electron chi connectivity index (χ0n) is 11.3. The summed E-state index contributed by atoms with van der Waals surface area (Å²) in [6.45, 7) is 1.99. The summed E-state index contributed by atoms with van der Waals surface area (Å²) in [4.78, 5) is 12.1. The van der Waals surface area contributed by atoms with Crippen LogP contribution in [0.1, 0.15) is 37.7 Å². The lowest BCUT2D eigenvalue weighted by molar-refractivity contribution is -0.117. The van der Waals surface area contributed by atoms with Crippen LogP contribution in [0.25, 0.3) is 0 Å². The molecule has 0 aromatic heterocycles. The molecule has 0 heterocycles. The minimum absolute atomic E-state index is 0.114. The van der Waals surface area contributed by atoms with Crippen LogP contribution >= 0.6 is 11.6 Å². The largest absolute Gasteiger partial charge is 0.325 e. The third-order valence-electron chi connectivity index (χ3n) is 4.73. The van der Waals surface area contributed by atoms with E-state index in [2.05, 4.69) is 5.32 Å². The molecule has 3 heteroatoms. The number of hydrogen-bond acceptors (Lipinski definition) is 1. The zero-order valence-corrected chi connectivity index (χ0v) is 12.0. The monoisotopic (exact) mass is 277 g/mol. The van der Waals surface area contributed by atoms with Crippen LogP contribution < -0.4 is 5.32 Å². The van der Waals surface area contributed by atoms with E-state index in [4.69, 9.17) is 11.6 Å². The van der Waals surface area contributed by atoms with Crippen molar-refractivity contribution in [3.8, 4) is 0 Å². The number of rotatable bonds is 3. The Morgan fingerprint density at radius 2 is 2.21 bits per heavy atom. The van der Waals surface area contributed by atoms with Gasteiger partial charge in [0.15, 0.2) is 0 Å². The molecule has 0 saturated heterocycles.